The van der Waals surface area contributed by atoms with Crippen LogP contribution in [0.4, 0.5) is 11.4 Å². The number of nitrogens with zero attached hydrogens (tertiary/aromatic N) is 1. The molecule has 2 aliphatic heterocycles. The summed E-state index contributed by atoms with van der Waals surface area (Å²) in [6, 6.07) is 15.0. The molecule has 3 aromatic rings. The van der Waals surface area contributed by atoms with Crippen LogP contribution in [0, 0.1) is 0 Å². The first-order valence-corrected chi connectivity index (χ1v) is 8.77. The average molecular weight is 332 g/mol. The van der Waals surface area contributed by atoms with Crippen LogP contribution < -0.4 is 15.5 Å². The van der Waals surface area contributed by atoms with E-state index >= 15 is 0 Å². The van der Waals surface area contributed by atoms with E-state index in [9.17, 15) is 4.79 Å². The minimum atomic E-state index is 0.0953. The molecule has 126 valence electrons. The maximum Gasteiger partial charge on any atom is 0.226 e. The quantitative estimate of drug-likeness (QED) is 0.642. The first-order chi connectivity index (χ1) is 12.3. The molecule has 0 bridgehead atoms. The largest absolute Gasteiger partial charge is 0.364 e. The maximum absolute atomic E-state index is 12.2. The standard InChI is InChI=1S/C20H20N4O/c25-20-11-14-12-21-8-9-24(14)19-10-13(4-5-18(19)23-20)15-2-1-3-17-16(15)6-7-22-17/h1-7,10,14,21-22H,8-9,11-12H2,(H,23,25). The molecule has 0 spiro atoms. The fourth-order valence-electron chi connectivity index (χ4n) is 4.06. The zero-order valence-corrected chi connectivity index (χ0v) is 13.9. The Bertz CT molecular complexity index is 961. The molecule has 5 nitrogen and oxygen atoms in total. The first kappa shape index (κ1) is 14.5. The van der Waals surface area contributed by atoms with Gasteiger partial charge in [0.2, 0.25) is 5.91 Å². The van der Waals surface area contributed by atoms with Gasteiger partial charge < -0.3 is 20.5 Å². The molecule has 1 amide bonds. The van der Waals surface area contributed by atoms with Crippen molar-refractivity contribution in [3.05, 3.63) is 48.7 Å². The Hall–Kier alpha value is -2.79. The van der Waals surface area contributed by atoms with E-state index < -0.39 is 0 Å². The molecule has 1 fully saturated rings. The lowest BCUT2D eigenvalue weighted by Gasteiger charge is -2.36. The molecule has 5 rings (SSSR count). The SMILES string of the molecule is O=C1CC2CNCCN2c2cc(-c3cccc4[nH]ccc34)ccc2N1. The van der Waals surface area contributed by atoms with Crippen LogP contribution in [0.5, 0.6) is 0 Å². The zero-order chi connectivity index (χ0) is 16.8. The van der Waals surface area contributed by atoms with Gasteiger partial charge in [0.15, 0.2) is 0 Å². The van der Waals surface area contributed by atoms with Gasteiger partial charge in [0, 0.05) is 43.2 Å². The van der Waals surface area contributed by atoms with Crippen LogP contribution >= 0.6 is 0 Å². The molecule has 3 N–H and O–H groups in total. The molecule has 0 radical (unpaired) electrons. The van der Waals surface area contributed by atoms with E-state index in [1.807, 2.05) is 12.3 Å². The minimum absolute atomic E-state index is 0.0953. The number of aromatic amines is 1. The van der Waals surface area contributed by atoms with Gasteiger partial charge in [-0.05, 0) is 35.4 Å². The van der Waals surface area contributed by atoms with Crippen LogP contribution in [0.2, 0.25) is 0 Å². The van der Waals surface area contributed by atoms with Crippen molar-refractivity contribution in [3.8, 4) is 11.1 Å². The molecule has 2 aromatic carbocycles. The lowest BCUT2D eigenvalue weighted by Crippen LogP contribution is -2.51. The van der Waals surface area contributed by atoms with Gasteiger partial charge in [-0.2, -0.15) is 0 Å². The Morgan fingerprint density at radius 1 is 1.12 bits per heavy atom. The van der Waals surface area contributed by atoms with Crippen molar-refractivity contribution in [3.63, 3.8) is 0 Å². The smallest absolute Gasteiger partial charge is 0.226 e. The van der Waals surface area contributed by atoms with Gasteiger partial charge in [0.25, 0.3) is 0 Å². The van der Waals surface area contributed by atoms with Crippen LogP contribution in [0.15, 0.2) is 48.7 Å². The van der Waals surface area contributed by atoms with Crippen molar-refractivity contribution in [2.75, 3.05) is 29.9 Å². The lowest BCUT2D eigenvalue weighted by molar-refractivity contribution is -0.116. The Morgan fingerprint density at radius 3 is 3.04 bits per heavy atom. The summed E-state index contributed by atoms with van der Waals surface area (Å²) in [6.07, 6.45) is 2.51. The van der Waals surface area contributed by atoms with E-state index in [0.717, 1.165) is 36.5 Å². The topological polar surface area (TPSA) is 60.2 Å². The van der Waals surface area contributed by atoms with E-state index in [2.05, 4.69) is 56.9 Å². The first-order valence-electron chi connectivity index (χ1n) is 8.77. The van der Waals surface area contributed by atoms with Crippen molar-refractivity contribution < 1.29 is 4.79 Å². The van der Waals surface area contributed by atoms with Crippen LogP contribution in [-0.4, -0.2) is 36.6 Å². The molecule has 1 atom stereocenters. The predicted octanol–water partition coefficient (Wildman–Crippen LogP) is 2.96. The number of piperazine rings is 1. The summed E-state index contributed by atoms with van der Waals surface area (Å²) in [5, 5.41) is 7.70. The Morgan fingerprint density at radius 2 is 2.08 bits per heavy atom. The number of rotatable bonds is 1. The molecule has 1 unspecified atom stereocenters. The highest BCUT2D eigenvalue weighted by Crippen LogP contribution is 2.37. The summed E-state index contributed by atoms with van der Waals surface area (Å²) in [5.41, 5.74) is 5.57. The van der Waals surface area contributed by atoms with Crippen LogP contribution in [0.1, 0.15) is 6.42 Å². The summed E-state index contributed by atoms with van der Waals surface area (Å²) >= 11 is 0. The number of hydrogen-bond acceptors (Lipinski definition) is 3. The van der Waals surface area contributed by atoms with Gasteiger partial charge in [-0.15, -0.1) is 0 Å². The van der Waals surface area contributed by atoms with Gasteiger partial charge in [0.05, 0.1) is 17.4 Å². The number of fused-ring (bicyclic) bond motifs is 4. The number of carbonyl (C=O) groups is 1. The van der Waals surface area contributed by atoms with Gasteiger partial charge >= 0.3 is 0 Å². The number of benzene rings is 2. The van der Waals surface area contributed by atoms with E-state index in [1.54, 1.807) is 0 Å². The van der Waals surface area contributed by atoms with Crippen LogP contribution in [-0.2, 0) is 4.79 Å². The Balaban J connectivity index is 1.66. The molecule has 0 aliphatic carbocycles. The predicted molar refractivity (Wildman–Crippen MR) is 101 cm³/mol. The monoisotopic (exact) mass is 332 g/mol. The molecular weight excluding hydrogens is 312 g/mol. The molecule has 5 heteroatoms. The van der Waals surface area contributed by atoms with Crippen molar-refractivity contribution in [2.24, 2.45) is 0 Å². The highest BCUT2D eigenvalue weighted by Gasteiger charge is 2.30. The Labute approximate surface area is 146 Å². The highest BCUT2D eigenvalue weighted by atomic mass is 16.1. The van der Waals surface area contributed by atoms with Gasteiger partial charge in [-0.3, -0.25) is 4.79 Å². The summed E-state index contributed by atoms with van der Waals surface area (Å²) < 4.78 is 0. The fraction of sp³-hybridized carbons (Fsp3) is 0.250. The number of nitrogens with one attached hydrogen (secondary N) is 3. The highest BCUT2D eigenvalue weighted by molar-refractivity contribution is 6.00. The summed E-state index contributed by atoms with van der Waals surface area (Å²) in [4.78, 5) is 17.9. The number of amides is 1. The second-order valence-electron chi connectivity index (χ2n) is 6.78. The second-order valence-corrected chi connectivity index (χ2v) is 6.78. The molecule has 3 heterocycles. The van der Waals surface area contributed by atoms with Gasteiger partial charge in [0.1, 0.15) is 0 Å². The Kier molecular flexibility index (Phi) is 3.28. The van der Waals surface area contributed by atoms with E-state index in [4.69, 9.17) is 0 Å². The number of anilines is 2. The number of aromatic nitrogens is 1. The normalized spacial score (nSPS) is 19.9. The number of hydrogen-bond donors (Lipinski definition) is 3. The third kappa shape index (κ3) is 2.39. The zero-order valence-electron chi connectivity index (χ0n) is 13.9. The molecular formula is C20H20N4O. The third-order valence-corrected chi connectivity index (χ3v) is 5.26. The average Bonchev–Trinajstić information content (AvgIpc) is 3.06. The molecule has 0 saturated carbocycles. The molecule has 25 heavy (non-hydrogen) atoms. The van der Waals surface area contributed by atoms with Crippen molar-refractivity contribution in [1.29, 1.82) is 0 Å². The third-order valence-electron chi connectivity index (χ3n) is 5.26. The second kappa shape index (κ2) is 5.63. The van der Waals surface area contributed by atoms with Gasteiger partial charge in [-0.1, -0.05) is 18.2 Å². The molecule has 2 aliphatic rings. The molecule has 1 saturated heterocycles. The van der Waals surface area contributed by atoms with Crippen molar-refractivity contribution >= 4 is 28.2 Å². The van der Waals surface area contributed by atoms with E-state index in [1.165, 1.54) is 16.5 Å². The van der Waals surface area contributed by atoms with Gasteiger partial charge in [-0.25, -0.2) is 0 Å². The summed E-state index contributed by atoms with van der Waals surface area (Å²) in [5.74, 6) is 0.0953. The minimum Gasteiger partial charge on any atom is -0.364 e. The number of carbonyl (C=O) groups excluding carboxylic acids is 1. The summed E-state index contributed by atoms with van der Waals surface area (Å²) in [7, 11) is 0. The lowest BCUT2D eigenvalue weighted by atomic mass is 10.00. The fourth-order valence-corrected chi connectivity index (χ4v) is 4.06. The van der Waals surface area contributed by atoms with E-state index in [0.29, 0.717) is 6.42 Å². The molecule has 1 aromatic heterocycles. The number of H-pyrrole nitrogens is 1. The van der Waals surface area contributed by atoms with Crippen molar-refractivity contribution in [1.82, 2.24) is 10.3 Å². The van der Waals surface area contributed by atoms with Crippen molar-refractivity contribution in [2.45, 2.75) is 12.5 Å². The summed E-state index contributed by atoms with van der Waals surface area (Å²) in [6.45, 7) is 2.72. The van der Waals surface area contributed by atoms with Crippen LogP contribution in [0.25, 0.3) is 22.0 Å². The van der Waals surface area contributed by atoms with E-state index in [-0.39, 0.29) is 11.9 Å². The maximum atomic E-state index is 12.2. The van der Waals surface area contributed by atoms with Crippen LogP contribution in [0.3, 0.4) is 0 Å².